The molecule has 0 saturated carbocycles. The summed E-state index contributed by atoms with van der Waals surface area (Å²) in [6.07, 6.45) is 6.34. The van der Waals surface area contributed by atoms with E-state index in [1.165, 1.54) is 25.7 Å². The Bertz CT molecular complexity index is 174. The van der Waals surface area contributed by atoms with Gasteiger partial charge >= 0.3 is 0 Å². The highest BCUT2D eigenvalue weighted by molar-refractivity contribution is 4.81. The van der Waals surface area contributed by atoms with Crippen molar-refractivity contribution >= 4 is 0 Å². The molecule has 1 unspecified atom stereocenters. The van der Waals surface area contributed by atoms with E-state index in [1.54, 1.807) is 0 Å². The summed E-state index contributed by atoms with van der Waals surface area (Å²) in [5, 5.41) is 3.52. The van der Waals surface area contributed by atoms with Gasteiger partial charge in [-0.05, 0) is 25.2 Å². The summed E-state index contributed by atoms with van der Waals surface area (Å²) in [5.41, 5.74) is 6.45. The second kappa shape index (κ2) is 7.29. The van der Waals surface area contributed by atoms with Gasteiger partial charge in [-0.1, -0.05) is 47.0 Å². The van der Waals surface area contributed by atoms with E-state index < -0.39 is 0 Å². The Morgan fingerprint density at radius 2 is 1.62 bits per heavy atom. The molecule has 0 aromatic carbocycles. The number of unbranched alkanes of at least 4 members (excludes halogenated alkanes) is 2. The molecule has 16 heavy (non-hydrogen) atoms. The highest BCUT2D eigenvalue weighted by Gasteiger charge is 2.20. The van der Waals surface area contributed by atoms with E-state index >= 15 is 0 Å². The van der Waals surface area contributed by atoms with Crippen LogP contribution in [0.5, 0.6) is 0 Å². The zero-order valence-electron chi connectivity index (χ0n) is 12.0. The minimum absolute atomic E-state index is 0.0561. The predicted octanol–water partition coefficient (Wildman–Crippen LogP) is 3.31. The van der Waals surface area contributed by atoms with Gasteiger partial charge in [0.05, 0.1) is 0 Å². The van der Waals surface area contributed by atoms with Crippen LogP contribution in [0.1, 0.15) is 66.7 Å². The highest BCUT2D eigenvalue weighted by atomic mass is 14.9. The maximum absolute atomic E-state index is 6.10. The molecule has 0 saturated heterocycles. The molecule has 0 spiro atoms. The SMILES string of the molecule is CCCCCC(C)(C)CNCC(C)(N)CC. The zero-order valence-corrected chi connectivity index (χ0v) is 12.0. The van der Waals surface area contributed by atoms with Crippen molar-refractivity contribution < 1.29 is 0 Å². The van der Waals surface area contributed by atoms with Gasteiger partial charge in [0.15, 0.2) is 0 Å². The van der Waals surface area contributed by atoms with Gasteiger partial charge in [-0.15, -0.1) is 0 Å². The van der Waals surface area contributed by atoms with Crippen molar-refractivity contribution in [1.82, 2.24) is 5.32 Å². The Labute approximate surface area is 102 Å². The molecular formula is C14H32N2. The molecule has 0 aromatic rings. The molecule has 98 valence electrons. The quantitative estimate of drug-likeness (QED) is 0.594. The summed E-state index contributed by atoms with van der Waals surface area (Å²) >= 11 is 0. The minimum atomic E-state index is -0.0561. The van der Waals surface area contributed by atoms with Gasteiger partial charge < -0.3 is 11.1 Å². The van der Waals surface area contributed by atoms with Crippen LogP contribution in [-0.4, -0.2) is 18.6 Å². The lowest BCUT2D eigenvalue weighted by molar-refractivity contribution is 0.286. The van der Waals surface area contributed by atoms with E-state index in [9.17, 15) is 0 Å². The average Bonchev–Trinajstić information content (AvgIpc) is 2.17. The van der Waals surface area contributed by atoms with E-state index in [2.05, 4.69) is 39.9 Å². The van der Waals surface area contributed by atoms with Crippen LogP contribution in [0, 0.1) is 5.41 Å². The predicted molar refractivity (Wildman–Crippen MR) is 73.7 cm³/mol. The highest BCUT2D eigenvalue weighted by Crippen LogP contribution is 2.22. The molecule has 0 fully saturated rings. The summed E-state index contributed by atoms with van der Waals surface area (Å²) in [6.45, 7) is 13.2. The lowest BCUT2D eigenvalue weighted by Gasteiger charge is -2.29. The van der Waals surface area contributed by atoms with Gasteiger partial charge in [-0.25, -0.2) is 0 Å². The largest absolute Gasteiger partial charge is 0.324 e. The van der Waals surface area contributed by atoms with Gasteiger partial charge in [-0.3, -0.25) is 0 Å². The minimum Gasteiger partial charge on any atom is -0.324 e. The Morgan fingerprint density at radius 1 is 1.00 bits per heavy atom. The third-order valence-corrected chi connectivity index (χ3v) is 3.40. The van der Waals surface area contributed by atoms with Gasteiger partial charge in [0.25, 0.3) is 0 Å². The number of nitrogens with two attached hydrogens (primary N) is 1. The summed E-state index contributed by atoms with van der Waals surface area (Å²) in [6, 6.07) is 0. The molecule has 3 N–H and O–H groups in total. The van der Waals surface area contributed by atoms with E-state index in [0.717, 1.165) is 19.5 Å². The van der Waals surface area contributed by atoms with E-state index in [-0.39, 0.29) is 5.54 Å². The number of rotatable bonds is 9. The van der Waals surface area contributed by atoms with E-state index in [0.29, 0.717) is 5.41 Å². The first-order valence-corrected chi connectivity index (χ1v) is 6.82. The first kappa shape index (κ1) is 15.9. The Kier molecular flexibility index (Phi) is 7.25. The smallest absolute Gasteiger partial charge is 0.0249 e. The fraction of sp³-hybridized carbons (Fsp3) is 1.00. The second-order valence-electron chi connectivity index (χ2n) is 6.23. The van der Waals surface area contributed by atoms with Crippen LogP contribution in [0.15, 0.2) is 0 Å². The first-order valence-electron chi connectivity index (χ1n) is 6.82. The maximum Gasteiger partial charge on any atom is 0.0249 e. The maximum atomic E-state index is 6.10. The molecule has 0 radical (unpaired) electrons. The Balaban J connectivity index is 3.73. The van der Waals surface area contributed by atoms with Gasteiger partial charge in [-0.2, -0.15) is 0 Å². The molecular weight excluding hydrogens is 196 g/mol. The molecule has 0 heterocycles. The topological polar surface area (TPSA) is 38.0 Å². The molecule has 0 aromatic heterocycles. The van der Waals surface area contributed by atoms with Crippen molar-refractivity contribution in [3.8, 4) is 0 Å². The molecule has 0 aliphatic heterocycles. The lowest BCUT2D eigenvalue weighted by Crippen LogP contribution is -2.47. The molecule has 2 nitrogen and oxygen atoms in total. The summed E-state index contributed by atoms with van der Waals surface area (Å²) in [4.78, 5) is 0. The molecule has 2 heteroatoms. The van der Waals surface area contributed by atoms with Crippen molar-refractivity contribution in [3.63, 3.8) is 0 Å². The van der Waals surface area contributed by atoms with Crippen LogP contribution in [-0.2, 0) is 0 Å². The van der Waals surface area contributed by atoms with E-state index in [4.69, 9.17) is 5.73 Å². The third-order valence-electron chi connectivity index (χ3n) is 3.40. The van der Waals surface area contributed by atoms with Crippen LogP contribution >= 0.6 is 0 Å². The van der Waals surface area contributed by atoms with Crippen LogP contribution in [0.4, 0.5) is 0 Å². The molecule has 0 amide bonds. The molecule has 0 bridgehead atoms. The molecule has 0 aliphatic carbocycles. The molecule has 0 rings (SSSR count). The van der Waals surface area contributed by atoms with Crippen molar-refractivity contribution in [3.05, 3.63) is 0 Å². The van der Waals surface area contributed by atoms with Crippen LogP contribution in [0.2, 0.25) is 0 Å². The number of hydrogen-bond acceptors (Lipinski definition) is 2. The second-order valence-corrected chi connectivity index (χ2v) is 6.23. The van der Waals surface area contributed by atoms with Crippen LogP contribution < -0.4 is 11.1 Å². The third kappa shape index (κ3) is 8.12. The van der Waals surface area contributed by atoms with Crippen LogP contribution in [0.25, 0.3) is 0 Å². The van der Waals surface area contributed by atoms with Gasteiger partial charge in [0, 0.05) is 18.6 Å². The lowest BCUT2D eigenvalue weighted by atomic mass is 9.86. The molecule has 1 atom stereocenters. The average molecular weight is 228 g/mol. The molecule has 0 aliphatic rings. The fourth-order valence-corrected chi connectivity index (χ4v) is 1.75. The number of hydrogen-bond donors (Lipinski definition) is 2. The summed E-state index contributed by atoms with van der Waals surface area (Å²) in [7, 11) is 0. The van der Waals surface area contributed by atoms with Crippen LogP contribution in [0.3, 0.4) is 0 Å². The Hall–Kier alpha value is -0.0800. The van der Waals surface area contributed by atoms with Gasteiger partial charge in [0.2, 0.25) is 0 Å². The normalized spacial score (nSPS) is 16.1. The van der Waals surface area contributed by atoms with Crippen molar-refractivity contribution in [2.45, 2.75) is 72.3 Å². The first-order chi connectivity index (χ1) is 7.33. The summed E-state index contributed by atoms with van der Waals surface area (Å²) in [5.74, 6) is 0. The Morgan fingerprint density at radius 3 is 2.12 bits per heavy atom. The zero-order chi connectivity index (χ0) is 12.7. The van der Waals surface area contributed by atoms with Crippen molar-refractivity contribution in [2.24, 2.45) is 11.1 Å². The fourth-order valence-electron chi connectivity index (χ4n) is 1.75. The van der Waals surface area contributed by atoms with Crippen molar-refractivity contribution in [2.75, 3.05) is 13.1 Å². The summed E-state index contributed by atoms with van der Waals surface area (Å²) < 4.78 is 0. The standard InChI is InChI=1S/C14H32N2/c1-6-8-9-10-13(3,4)11-16-12-14(5,15)7-2/h16H,6-12,15H2,1-5H3. The van der Waals surface area contributed by atoms with Gasteiger partial charge in [0.1, 0.15) is 0 Å². The van der Waals surface area contributed by atoms with E-state index in [1.807, 2.05) is 0 Å². The van der Waals surface area contributed by atoms with Crippen molar-refractivity contribution in [1.29, 1.82) is 0 Å². The monoisotopic (exact) mass is 228 g/mol. The number of nitrogens with one attached hydrogen (secondary N) is 1.